The van der Waals surface area contributed by atoms with Gasteiger partial charge in [-0.15, -0.1) is 0 Å². The molecule has 0 bridgehead atoms. The van der Waals surface area contributed by atoms with Crippen molar-refractivity contribution in [3.8, 4) is 5.75 Å². The number of methoxy groups -OCH3 is 1. The van der Waals surface area contributed by atoms with E-state index in [0.29, 0.717) is 22.0 Å². The predicted molar refractivity (Wildman–Crippen MR) is 68.8 cm³/mol. The van der Waals surface area contributed by atoms with Gasteiger partial charge in [0.2, 0.25) is 0 Å². The molecule has 5 heteroatoms. The average molecular weight is 265 g/mol. The van der Waals surface area contributed by atoms with Crippen LogP contribution in [0.2, 0.25) is 5.02 Å². The van der Waals surface area contributed by atoms with Crippen LogP contribution in [0.1, 0.15) is 23.1 Å². The minimum absolute atomic E-state index is 0.491. The van der Waals surface area contributed by atoms with Crippen LogP contribution in [0, 0.1) is 6.92 Å². The third kappa shape index (κ3) is 2.60. The summed E-state index contributed by atoms with van der Waals surface area (Å²) in [6, 6.07) is 5.10. The summed E-state index contributed by atoms with van der Waals surface area (Å²) in [6.07, 6.45) is 2.33. The highest BCUT2D eigenvalue weighted by Gasteiger charge is 2.14. The number of ether oxygens (including phenoxy) is 1. The van der Waals surface area contributed by atoms with E-state index in [2.05, 4.69) is 9.97 Å². The number of aliphatic hydroxyl groups is 1. The van der Waals surface area contributed by atoms with Crippen LogP contribution in [0.4, 0.5) is 0 Å². The van der Waals surface area contributed by atoms with Gasteiger partial charge in [0.25, 0.3) is 0 Å². The fourth-order valence-electron chi connectivity index (χ4n) is 1.56. The maximum absolute atomic E-state index is 10.2. The van der Waals surface area contributed by atoms with Gasteiger partial charge in [0.1, 0.15) is 11.9 Å². The summed E-state index contributed by atoms with van der Waals surface area (Å²) in [5.74, 6) is 0.522. The smallest absolute Gasteiger partial charge is 0.137 e. The van der Waals surface area contributed by atoms with Gasteiger partial charge in [-0.1, -0.05) is 17.7 Å². The van der Waals surface area contributed by atoms with E-state index >= 15 is 0 Å². The number of halogens is 1. The van der Waals surface area contributed by atoms with Crippen molar-refractivity contribution >= 4 is 11.6 Å². The van der Waals surface area contributed by atoms with Crippen molar-refractivity contribution in [3.63, 3.8) is 0 Å². The quantitative estimate of drug-likeness (QED) is 0.926. The van der Waals surface area contributed by atoms with Crippen LogP contribution in [-0.2, 0) is 0 Å². The zero-order valence-corrected chi connectivity index (χ0v) is 10.8. The first-order chi connectivity index (χ1) is 8.61. The highest BCUT2D eigenvalue weighted by atomic mass is 35.5. The Morgan fingerprint density at radius 1 is 1.28 bits per heavy atom. The van der Waals surface area contributed by atoms with Crippen molar-refractivity contribution in [2.75, 3.05) is 7.11 Å². The van der Waals surface area contributed by atoms with Crippen molar-refractivity contribution < 1.29 is 9.84 Å². The molecule has 0 spiro atoms. The van der Waals surface area contributed by atoms with Crippen molar-refractivity contribution in [3.05, 3.63) is 52.6 Å². The first-order valence-electron chi connectivity index (χ1n) is 5.42. The average Bonchev–Trinajstić information content (AvgIpc) is 2.39. The molecule has 0 radical (unpaired) electrons. The predicted octanol–water partition coefficient (Wildman–Crippen LogP) is 2.53. The van der Waals surface area contributed by atoms with E-state index in [-0.39, 0.29) is 0 Å². The summed E-state index contributed by atoms with van der Waals surface area (Å²) in [5, 5.41) is 10.7. The number of hydrogen-bond acceptors (Lipinski definition) is 4. The molecular weight excluding hydrogens is 252 g/mol. The number of rotatable bonds is 3. The molecule has 18 heavy (non-hydrogen) atoms. The number of aliphatic hydroxyl groups excluding tert-OH is 1. The fraction of sp³-hybridized carbons (Fsp3) is 0.231. The van der Waals surface area contributed by atoms with Gasteiger partial charge in [0.15, 0.2) is 0 Å². The standard InChI is InChI=1S/C13H13ClN2O2/c1-8-6-16-11(7-15-8)13(17)9-3-4-10(14)12(5-9)18-2/h3-7,13,17H,1-2H3. The molecule has 1 aromatic heterocycles. The van der Waals surface area contributed by atoms with Gasteiger partial charge in [-0.3, -0.25) is 9.97 Å². The number of nitrogens with zero attached hydrogens (tertiary/aromatic N) is 2. The molecule has 1 N–H and O–H groups in total. The molecule has 1 aromatic carbocycles. The Morgan fingerprint density at radius 3 is 2.67 bits per heavy atom. The molecule has 1 atom stereocenters. The third-order valence-electron chi connectivity index (χ3n) is 2.57. The number of aromatic nitrogens is 2. The maximum Gasteiger partial charge on any atom is 0.137 e. The van der Waals surface area contributed by atoms with Crippen LogP contribution in [0.5, 0.6) is 5.75 Å². The van der Waals surface area contributed by atoms with Gasteiger partial charge in [-0.05, 0) is 24.6 Å². The van der Waals surface area contributed by atoms with Crippen LogP contribution >= 0.6 is 11.6 Å². The Labute approximate surface area is 110 Å². The molecule has 2 rings (SSSR count). The lowest BCUT2D eigenvalue weighted by Crippen LogP contribution is -2.03. The summed E-state index contributed by atoms with van der Waals surface area (Å²) >= 11 is 5.93. The minimum atomic E-state index is -0.843. The van der Waals surface area contributed by atoms with Gasteiger partial charge >= 0.3 is 0 Å². The molecule has 0 saturated heterocycles. The Morgan fingerprint density at radius 2 is 2.06 bits per heavy atom. The molecule has 0 saturated carbocycles. The van der Waals surface area contributed by atoms with E-state index in [0.717, 1.165) is 5.69 Å². The molecule has 0 fully saturated rings. The molecule has 1 heterocycles. The van der Waals surface area contributed by atoms with Crippen LogP contribution in [0.15, 0.2) is 30.6 Å². The summed E-state index contributed by atoms with van der Waals surface area (Å²) in [6.45, 7) is 1.84. The minimum Gasteiger partial charge on any atom is -0.495 e. The molecule has 0 amide bonds. The number of aryl methyl sites for hydroxylation is 1. The first-order valence-corrected chi connectivity index (χ1v) is 5.79. The molecule has 4 nitrogen and oxygen atoms in total. The topological polar surface area (TPSA) is 55.2 Å². The lowest BCUT2D eigenvalue weighted by Gasteiger charge is -2.12. The Balaban J connectivity index is 2.33. The highest BCUT2D eigenvalue weighted by molar-refractivity contribution is 6.32. The van der Waals surface area contributed by atoms with E-state index in [1.54, 1.807) is 30.6 Å². The summed E-state index contributed by atoms with van der Waals surface area (Å²) in [5.41, 5.74) is 1.96. The Hall–Kier alpha value is -1.65. The van der Waals surface area contributed by atoms with Crippen molar-refractivity contribution in [1.82, 2.24) is 9.97 Å². The fourth-order valence-corrected chi connectivity index (χ4v) is 1.76. The van der Waals surface area contributed by atoms with Crippen LogP contribution in [-0.4, -0.2) is 22.2 Å². The first kappa shape index (κ1) is 12.8. The van der Waals surface area contributed by atoms with Crippen LogP contribution in [0.25, 0.3) is 0 Å². The van der Waals surface area contributed by atoms with E-state index in [4.69, 9.17) is 16.3 Å². The molecular formula is C13H13ClN2O2. The van der Waals surface area contributed by atoms with Gasteiger partial charge in [0, 0.05) is 6.20 Å². The second-order valence-corrected chi connectivity index (χ2v) is 4.29. The van der Waals surface area contributed by atoms with E-state index in [9.17, 15) is 5.11 Å². The van der Waals surface area contributed by atoms with Crippen molar-refractivity contribution in [2.24, 2.45) is 0 Å². The van der Waals surface area contributed by atoms with Gasteiger partial charge in [0.05, 0.1) is 29.7 Å². The summed E-state index contributed by atoms with van der Waals surface area (Å²) in [7, 11) is 1.53. The monoisotopic (exact) mass is 264 g/mol. The zero-order valence-electron chi connectivity index (χ0n) is 10.1. The molecule has 94 valence electrons. The zero-order chi connectivity index (χ0) is 13.1. The van der Waals surface area contributed by atoms with Gasteiger partial charge in [-0.25, -0.2) is 0 Å². The summed E-state index contributed by atoms with van der Waals surface area (Å²) < 4.78 is 5.11. The number of benzene rings is 1. The highest BCUT2D eigenvalue weighted by Crippen LogP contribution is 2.29. The SMILES string of the molecule is COc1cc(C(O)c2cnc(C)cn2)ccc1Cl. The second-order valence-electron chi connectivity index (χ2n) is 3.88. The third-order valence-corrected chi connectivity index (χ3v) is 2.88. The van der Waals surface area contributed by atoms with Crippen molar-refractivity contribution in [1.29, 1.82) is 0 Å². The van der Waals surface area contributed by atoms with Gasteiger partial charge < -0.3 is 9.84 Å². The molecule has 0 aliphatic carbocycles. The largest absolute Gasteiger partial charge is 0.495 e. The molecule has 0 aliphatic rings. The van der Waals surface area contributed by atoms with E-state index in [1.165, 1.54) is 7.11 Å². The lowest BCUT2D eigenvalue weighted by atomic mass is 10.1. The molecule has 1 unspecified atom stereocenters. The molecule has 2 aromatic rings. The van der Waals surface area contributed by atoms with Crippen LogP contribution < -0.4 is 4.74 Å². The number of hydrogen-bond donors (Lipinski definition) is 1. The van der Waals surface area contributed by atoms with Crippen molar-refractivity contribution in [2.45, 2.75) is 13.0 Å². The normalized spacial score (nSPS) is 12.2. The molecule has 0 aliphatic heterocycles. The van der Waals surface area contributed by atoms with E-state index < -0.39 is 6.10 Å². The van der Waals surface area contributed by atoms with E-state index in [1.807, 2.05) is 6.92 Å². The Kier molecular flexibility index (Phi) is 3.79. The second kappa shape index (κ2) is 5.33. The maximum atomic E-state index is 10.2. The lowest BCUT2D eigenvalue weighted by molar-refractivity contribution is 0.214. The summed E-state index contributed by atoms with van der Waals surface area (Å²) in [4.78, 5) is 8.25. The van der Waals surface area contributed by atoms with Gasteiger partial charge in [-0.2, -0.15) is 0 Å². The Bertz CT molecular complexity index is 543. The van der Waals surface area contributed by atoms with Crippen LogP contribution in [0.3, 0.4) is 0 Å².